The molecule has 0 aliphatic carbocycles. The van der Waals surface area contributed by atoms with Crippen LogP contribution in [0.25, 0.3) is 0 Å². The number of nitrogens with one attached hydrogen (secondary N) is 2. The monoisotopic (exact) mass is 234 g/mol. The molecule has 4 N–H and O–H groups in total. The third-order valence-corrected chi connectivity index (χ3v) is 1.97. The number of hydrogen-bond acceptors (Lipinski definition) is 4. The van der Waals surface area contributed by atoms with Crippen LogP contribution in [0.15, 0.2) is 24.8 Å². The number of anilines is 1. The smallest absolute Gasteiger partial charge is 0.258 e. The molecular weight excluding hydrogens is 224 g/mol. The van der Waals surface area contributed by atoms with Crippen molar-refractivity contribution in [2.24, 2.45) is 5.73 Å². The van der Waals surface area contributed by atoms with E-state index in [0.717, 1.165) is 0 Å². The number of hydrogen-bond donors (Lipinski definition) is 3. The van der Waals surface area contributed by atoms with Crippen LogP contribution in [0, 0.1) is 0 Å². The number of nitrogens with two attached hydrogens (primary N) is 1. The second-order valence-corrected chi connectivity index (χ2v) is 3.33. The van der Waals surface area contributed by atoms with Gasteiger partial charge in [0.1, 0.15) is 6.54 Å². The van der Waals surface area contributed by atoms with Gasteiger partial charge in [-0.25, -0.2) is 0 Å². The zero-order valence-corrected chi connectivity index (χ0v) is 8.75. The number of H-pyrrole nitrogens is 1. The Morgan fingerprint density at radius 3 is 2.94 bits per heavy atom. The third-order valence-electron chi connectivity index (χ3n) is 1.97. The average molecular weight is 234 g/mol. The molecule has 0 aliphatic heterocycles. The lowest BCUT2D eigenvalue weighted by Gasteiger charge is -1.98. The Balaban J connectivity index is 2.02. The molecule has 0 saturated heterocycles. The van der Waals surface area contributed by atoms with Crippen LogP contribution in [-0.2, 0) is 11.3 Å². The lowest BCUT2D eigenvalue weighted by Crippen LogP contribution is -2.18. The Morgan fingerprint density at radius 2 is 2.29 bits per heavy atom. The van der Waals surface area contributed by atoms with E-state index in [9.17, 15) is 9.59 Å². The summed E-state index contributed by atoms with van der Waals surface area (Å²) >= 11 is 0. The molecule has 88 valence electrons. The van der Waals surface area contributed by atoms with E-state index in [-0.39, 0.29) is 12.5 Å². The summed E-state index contributed by atoms with van der Waals surface area (Å²) in [6.07, 6.45) is 5.83. The summed E-state index contributed by atoms with van der Waals surface area (Å²) in [6, 6.07) is 0. The Hall–Kier alpha value is -2.64. The van der Waals surface area contributed by atoms with Crippen LogP contribution >= 0.6 is 0 Å². The molecule has 2 aromatic heterocycles. The summed E-state index contributed by atoms with van der Waals surface area (Å²) in [5.41, 5.74) is 5.91. The van der Waals surface area contributed by atoms with E-state index in [2.05, 4.69) is 20.6 Å². The summed E-state index contributed by atoms with van der Waals surface area (Å²) in [5, 5.41) is 12.7. The van der Waals surface area contributed by atoms with E-state index < -0.39 is 5.91 Å². The summed E-state index contributed by atoms with van der Waals surface area (Å²) in [7, 11) is 0. The van der Waals surface area contributed by atoms with Gasteiger partial charge in [0.2, 0.25) is 5.91 Å². The van der Waals surface area contributed by atoms with Gasteiger partial charge in [0.25, 0.3) is 5.91 Å². The van der Waals surface area contributed by atoms with Gasteiger partial charge in [0, 0.05) is 12.4 Å². The van der Waals surface area contributed by atoms with E-state index in [4.69, 9.17) is 5.73 Å². The molecule has 2 amide bonds. The highest BCUT2D eigenvalue weighted by atomic mass is 16.2. The van der Waals surface area contributed by atoms with Crippen LogP contribution in [0.1, 0.15) is 10.4 Å². The normalized spacial score (nSPS) is 10.1. The van der Waals surface area contributed by atoms with Crippen LogP contribution in [0.3, 0.4) is 0 Å². The molecule has 0 aromatic carbocycles. The van der Waals surface area contributed by atoms with E-state index in [1.165, 1.54) is 29.5 Å². The van der Waals surface area contributed by atoms with Crippen molar-refractivity contribution in [2.45, 2.75) is 6.54 Å². The molecular formula is C9H10N6O2. The minimum atomic E-state index is -0.499. The molecule has 0 spiro atoms. The minimum absolute atomic E-state index is 0.0262. The molecule has 2 rings (SSSR count). The van der Waals surface area contributed by atoms with Crippen molar-refractivity contribution in [1.82, 2.24) is 20.0 Å². The first-order chi connectivity index (χ1) is 8.15. The number of rotatable bonds is 4. The fraction of sp³-hybridized carbons (Fsp3) is 0.111. The maximum Gasteiger partial charge on any atom is 0.258 e. The largest absolute Gasteiger partial charge is 0.368 e. The highest BCUT2D eigenvalue weighted by Gasteiger charge is 2.08. The highest BCUT2D eigenvalue weighted by molar-refractivity contribution is 6.03. The molecule has 0 radical (unpaired) electrons. The van der Waals surface area contributed by atoms with Gasteiger partial charge in [0.15, 0.2) is 0 Å². The molecule has 0 bridgehead atoms. The first-order valence-electron chi connectivity index (χ1n) is 4.76. The second-order valence-electron chi connectivity index (χ2n) is 3.33. The highest BCUT2D eigenvalue weighted by Crippen LogP contribution is 2.07. The Kier molecular flexibility index (Phi) is 2.86. The maximum absolute atomic E-state index is 11.6. The van der Waals surface area contributed by atoms with Crippen LogP contribution in [0.5, 0.6) is 0 Å². The van der Waals surface area contributed by atoms with Crippen molar-refractivity contribution in [1.29, 1.82) is 0 Å². The summed E-state index contributed by atoms with van der Waals surface area (Å²) < 4.78 is 1.34. The summed E-state index contributed by atoms with van der Waals surface area (Å²) in [4.78, 5) is 22.3. The first-order valence-corrected chi connectivity index (χ1v) is 4.76. The van der Waals surface area contributed by atoms with Crippen LogP contribution in [0.2, 0.25) is 0 Å². The van der Waals surface area contributed by atoms with Crippen molar-refractivity contribution in [2.75, 3.05) is 5.32 Å². The quantitative estimate of drug-likeness (QED) is 0.650. The first kappa shape index (κ1) is 10.9. The Morgan fingerprint density at radius 1 is 1.47 bits per heavy atom. The fourth-order valence-electron chi connectivity index (χ4n) is 1.25. The van der Waals surface area contributed by atoms with E-state index >= 15 is 0 Å². The second kappa shape index (κ2) is 4.47. The maximum atomic E-state index is 11.6. The zero-order valence-electron chi connectivity index (χ0n) is 8.75. The number of carbonyl (C=O) groups is 2. The molecule has 0 aliphatic rings. The van der Waals surface area contributed by atoms with Crippen molar-refractivity contribution in [3.8, 4) is 0 Å². The van der Waals surface area contributed by atoms with Gasteiger partial charge in [-0.1, -0.05) is 0 Å². The lowest BCUT2D eigenvalue weighted by molar-refractivity contribution is -0.118. The Labute approximate surface area is 95.8 Å². The van der Waals surface area contributed by atoms with E-state index in [0.29, 0.717) is 11.3 Å². The predicted molar refractivity (Wildman–Crippen MR) is 58.0 cm³/mol. The molecule has 17 heavy (non-hydrogen) atoms. The molecule has 0 fully saturated rings. The molecule has 8 heteroatoms. The number of amides is 2. The van der Waals surface area contributed by atoms with Crippen molar-refractivity contribution in [3.63, 3.8) is 0 Å². The van der Waals surface area contributed by atoms with Gasteiger partial charge in [0.05, 0.1) is 23.6 Å². The van der Waals surface area contributed by atoms with Gasteiger partial charge in [-0.2, -0.15) is 10.2 Å². The van der Waals surface area contributed by atoms with Crippen molar-refractivity contribution in [3.05, 3.63) is 30.4 Å². The van der Waals surface area contributed by atoms with E-state index in [1.807, 2.05) is 0 Å². The third kappa shape index (κ3) is 2.68. The standard InChI is InChI=1S/C9H10N6O2/c10-8(16)5-15-4-7(3-13-15)14-9(17)6-1-11-12-2-6/h1-4H,5H2,(H2,10,16)(H,11,12)(H,14,17). The average Bonchev–Trinajstić information content (AvgIpc) is 2.87. The topological polar surface area (TPSA) is 119 Å². The molecule has 0 saturated carbocycles. The van der Waals surface area contributed by atoms with Crippen molar-refractivity contribution >= 4 is 17.5 Å². The Bertz CT molecular complexity index is 529. The SMILES string of the molecule is NC(=O)Cn1cc(NC(=O)c2cn[nH]c2)cn1. The van der Waals surface area contributed by atoms with Crippen LogP contribution in [-0.4, -0.2) is 31.8 Å². The molecule has 8 nitrogen and oxygen atoms in total. The molecule has 2 aromatic rings. The zero-order chi connectivity index (χ0) is 12.3. The molecule has 0 unspecified atom stereocenters. The fourth-order valence-corrected chi connectivity index (χ4v) is 1.25. The van der Waals surface area contributed by atoms with Crippen LogP contribution < -0.4 is 11.1 Å². The van der Waals surface area contributed by atoms with Gasteiger partial charge >= 0.3 is 0 Å². The van der Waals surface area contributed by atoms with E-state index in [1.54, 1.807) is 0 Å². The minimum Gasteiger partial charge on any atom is -0.368 e. The number of nitrogens with zero attached hydrogens (tertiary/aromatic N) is 3. The summed E-state index contributed by atoms with van der Waals surface area (Å²) in [5.74, 6) is -0.807. The molecule has 0 atom stereocenters. The van der Waals surface area contributed by atoms with Crippen molar-refractivity contribution < 1.29 is 9.59 Å². The predicted octanol–water partition coefficient (Wildman–Crippen LogP) is -0.656. The van der Waals surface area contributed by atoms with Gasteiger partial charge in [-0.3, -0.25) is 19.4 Å². The number of primary amides is 1. The number of aromatic amines is 1. The van der Waals surface area contributed by atoms with Gasteiger partial charge in [-0.05, 0) is 0 Å². The lowest BCUT2D eigenvalue weighted by atomic mass is 10.3. The van der Waals surface area contributed by atoms with Gasteiger partial charge < -0.3 is 11.1 Å². The number of carbonyl (C=O) groups excluding carboxylic acids is 2. The van der Waals surface area contributed by atoms with Crippen LogP contribution in [0.4, 0.5) is 5.69 Å². The number of aromatic nitrogens is 4. The molecule has 2 heterocycles. The summed E-state index contributed by atoms with van der Waals surface area (Å²) in [6.45, 7) is -0.0262. The van der Waals surface area contributed by atoms with Gasteiger partial charge in [-0.15, -0.1) is 0 Å².